The first-order chi connectivity index (χ1) is 18.5. The third kappa shape index (κ3) is 5.91. The topological polar surface area (TPSA) is 135 Å². The second kappa shape index (κ2) is 11.1. The standard InChI is InChI=1S/C26H24F3N5O4S/c1-16-22(14-31)24(33-25(35)34(16)20-4-2-3-19(12-20)26(27,28)29)21-6-5-18(13-30)11-23(21)39(36,37)32-15-17-7-9-38-10-8-17/h2-6,11-12,17,24,32H,7-10,15H2,1H3,(H,33,35). The highest BCUT2D eigenvalue weighted by molar-refractivity contribution is 7.89. The Balaban J connectivity index is 1.75. The molecule has 2 amide bonds. The van der Waals surface area contributed by atoms with Crippen LogP contribution in [0, 0.1) is 28.6 Å². The number of alkyl halides is 3. The molecular weight excluding hydrogens is 535 g/mol. The minimum atomic E-state index is -4.65. The molecule has 1 atom stereocenters. The molecule has 2 heterocycles. The molecule has 0 spiro atoms. The van der Waals surface area contributed by atoms with E-state index < -0.39 is 33.8 Å². The van der Waals surface area contributed by atoms with E-state index in [9.17, 15) is 36.9 Å². The Morgan fingerprint density at radius 1 is 1.13 bits per heavy atom. The average molecular weight is 560 g/mol. The number of nitriles is 2. The van der Waals surface area contributed by atoms with Crippen LogP contribution in [0.3, 0.4) is 0 Å². The van der Waals surface area contributed by atoms with Gasteiger partial charge in [0.15, 0.2) is 0 Å². The predicted octanol–water partition coefficient (Wildman–Crippen LogP) is 4.35. The third-order valence-electron chi connectivity index (χ3n) is 6.68. The van der Waals surface area contributed by atoms with Gasteiger partial charge in [-0.25, -0.2) is 17.9 Å². The van der Waals surface area contributed by atoms with Gasteiger partial charge in [-0.15, -0.1) is 0 Å². The summed E-state index contributed by atoms with van der Waals surface area (Å²) in [5.74, 6) is 0.0586. The molecule has 1 unspecified atom stereocenters. The van der Waals surface area contributed by atoms with Crippen LogP contribution < -0.4 is 14.9 Å². The van der Waals surface area contributed by atoms with Crippen molar-refractivity contribution in [3.63, 3.8) is 0 Å². The van der Waals surface area contributed by atoms with E-state index in [1.54, 1.807) is 0 Å². The molecule has 2 aromatic carbocycles. The lowest BCUT2D eigenvalue weighted by molar-refractivity contribution is -0.137. The molecule has 4 rings (SSSR count). The molecule has 9 nitrogen and oxygen atoms in total. The number of ether oxygens (including phenoxy) is 1. The molecule has 204 valence electrons. The van der Waals surface area contributed by atoms with Crippen molar-refractivity contribution in [2.24, 2.45) is 5.92 Å². The van der Waals surface area contributed by atoms with Crippen molar-refractivity contribution in [1.29, 1.82) is 10.5 Å². The van der Waals surface area contributed by atoms with Crippen LogP contribution in [-0.4, -0.2) is 34.2 Å². The second-order valence-corrected chi connectivity index (χ2v) is 10.9. The Kier molecular flexibility index (Phi) is 7.97. The zero-order chi connectivity index (χ0) is 28.4. The van der Waals surface area contributed by atoms with Crippen LogP contribution in [0.1, 0.15) is 42.5 Å². The fourth-order valence-corrected chi connectivity index (χ4v) is 5.97. The predicted molar refractivity (Wildman–Crippen MR) is 133 cm³/mol. The van der Waals surface area contributed by atoms with Gasteiger partial charge in [0.05, 0.1) is 45.5 Å². The molecule has 2 aromatic rings. The lowest BCUT2D eigenvalue weighted by atomic mass is 9.94. The van der Waals surface area contributed by atoms with E-state index in [2.05, 4.69) is 10.0 Å². The number of rotatable bonds is 6. The Labute approximate surface area is 223 Å². The van der Waals surface area contributed by atoms with E-state index >= 15 is 0 Å². The molecule has 0 aliphatic carbocycles. The first kappa shape index (κ1) is 28.1. The molecular formula is C26H24F3N5O4S. The summed E-state index contributed by atoms with van der Waals surface area (Å²) in [5, 5.41) is 21.9. The van der Waals surface area contributed by atoms with Crippen LogP contribution in [0.15, 0.2) is 58.6 Å². The number of urea groups is 1. The van der Waals surface area contributed by atoms with Crippen molar-refractivity contribution in [2.45, 2.75) is 36.9 Å². The maximum Gasteiger partial charge on any atom is 0.416 e. The molecule has 39 heavy (non-hydrogen) atoms. The van der Waals surface area contributed by atoms with Crippen LogP contribution in [-0.2, 0) is 20.9 Å². The molecule has 1 saturated heterocycles. The number of hydrogen-bond donors (Lipinski definition) is 2. The smallest absolute Gasteiger partial charge is 0.381 e. The lowest BCUT2D eigenvalue weighted by Gasteiger charge is -2.34. The maximum atomic E-state index is 13.4. The summed E-state index contributed by atoms with van der Waals surface area (Å²) in [6.07, 6.45) is -3.29. The van der Waals surface area contributed by atoms with Crippen molar-refractivity contribution in [1.82, 2.24) is 10.0 Å². The normalized spacial score (nSPS) is 18.9. The van der Waals surface area contributed by atoms with Gasteiger partial charge < -0.3 is 10.1 Å². The van der Waals surface area contributed by atoms with E-state index in [1.165, 1.54) is 25.1 Å². The molecule has 2 N–H and O–H groups in total. The van der Waals surface area contributed by atoms with Gasteiger partial charge in [0.2, 0.25) is 10.0 Å². The number of carbonyl (C=O) groups excluding carboxylic acids is 1. The van der Waals surface area contributed by atoms with Crippen molar-refractivity contribution >= 4 is 21.7 Å². The summed E-state index contributed by atoms with van der Waals surface area (Å²) >= 11 is 0. The number of anilines is 1. The average Bonchev–Trinajstić information content (AvgIpc) is 2.91. The van der Waals surface area contributed by atoms with Gasteiger partial charge in [0.1, 0.15) is 0 Å². The van der Waals surface area contributed by atoms with E-state index in [1.807, 2.05) is 12.1 Å². The number of amides is 2. The molecule has 13 heteroatoms. The number of halogens is 3. The Hall–Kier alpha value is -3.91. The molecule has 1 fully saturated rings. The SMILES string of the molecule is CC1=C(C#N)C(c2ccc(C#N)cc2S(=O)(=O)NCC2CCOCC2)NC(=O)N1c1cccc(C(F)(F)F)c1. The largest absolute Gasteiger partial charge is 0.416 e. The molecule has 0 aromatic heterocycles. The lowest BCUT2D eigenvalue weighted by Crippen LogP contribution is -2.47. The molecule has 2 aliphatic heterocycles. The van der Waals surface area contributed by atoms with Crippen LogP contribution in [0.25, 0.3) is 0 Å². The number of nitrogens with one attached hydrogen (secondary N) is 2. The van der Waals surface area contributed by atoms with Gasteiger partial charge in [-0.3, -0.25) is 4.90 Å². The molecule has 0 saturated carbocycles. The second-order valence-electron chi connectivity index (χ2n) is 9.15. The van der Waals surface area contributed by atoms with E-state index in [0.29, 0.717) is 26.1 Å². The number of nitrogens with zero attached hydrogens (tertiary/aromatic N) is 3. The van der Waals surface area contributed by atoms with Crippen LogP contribution in [0.4, 0.5) is 23.7 Å². The van der Waals surface area contributed by atoms with E-state index in [0.717, 1.165) is 29.2 Å². The summed E-state index contributed by atoms with van der Waals surface area (Å²) in [7, 11) is -4.19. The quantitative estimate of drug-likeness (QED) is 0.540. The van der Waals surface area contributed by atoms with Crippen molar-refractivity contribution < 1.29 is 31.1 Å². The zero-order valence-corrected chi connectivity index (χ0v) is 21.6. The highest BCUT2D eigenvalue weighted by Crippen LogP contribution is 2.38. The Morgan fingerprint density at radius 3 is 2.49 bits per heavy atom. The Bertz CT molecular complexity index is 1500. The minimum absolute atomic E-state index is 0.0356. The molecule has 2 aliphatic rings. The van der Waals surface area contributed by atoms with Gasteiger partial charge in [-0.05, 0) is 61.6 Å². The molecule has 0 radical (unpaired) electrons. The monoisotopic (exact) mass is 559 g/mol. The summed E-state index contributed by atoms with van der Waals surface area (Å²) in [4.78, 5) is 13.8. The number of carbonyl (C=O) groups is 1. The van der Waals surface area contributed by atoms with Gasteiger partial charge in [0.25, 0.3) is 0 Å². The van der Waals surface area contributed by atoms with Crippen LogP contribution in [0.2, 0.25) is 0 Å². The third-order valence-corrected chi connectivity index (χ3v) is 8.16. The van der Waals surface area contributed by atoms with E-state index in [4.69, 9.17) is 4.74 Å². The van der Waals surface area contributed by atoms with Crippen LogP contribution >= 0.6 is 0 Å². The first-order valence-electron chi connectivity index (χ1n) is 12.0. The summed E-state index contributed by atoms with van der Waals surface area (Å²) in [6, 6.07) is 9.74. The van der Waals surface area contributed by atoms with Gasteiger partial charge >= 0.3 is 12.2 Å². The fraction of sp³-hybridized carbons (Fsp3) is 0.346. The Morgan fingerprint density at radius 2 is 1.85 bits per heavy atom. The maximum absolute atomic E-state index is 13.4. The van der Waals surface area contributed by atoms with Crippen molar-refractivity contribution in [2.75, 3.05) is 24.7 Å². The first-order valence-corrected chi connectivity index (χ1v) is 13.4. The highest BCUT2D eigenvalue weighted by atomic mass is 32.2. The zero-order valence-electron chi connectivity index (χ0n) is 20.7. The number of sulfonamides is 1. The van der Waals surface area contributed by atoms with Gasteiger partial charge in [0, 0.05) is 25.5 Å². The minimum Gasteiger partial charge on any atom is -0.381 e. The van der Waals surface area contributed by atoms with E-state index in [-0.39, 0.29) is 45.4 Å². The van der Waals surface area contributed by atoms with Crippen LogP contribution in [0.5, 0.6) is 0 Å². The van der Waals surface area contributed by atoms with Gasteiger partial charge in [-0.1, -0.05) is 12.1 Å². The number of allylic oxidation sites excluding steroid dienone is 1. The fourth-order valence-electron chi connectivity index (χ4n) is 4.58. The van der Waals surface area contributed by atoms with Crippen molar-refractivity contribution in [3.05, 3.63) is 70.4 Å². The summed E-state index contributed by atoms with van der Waals surface area (Å²) < 4.78 is 74.5. The molecule has 0 bridgehead atoms. The summed E-state index contributed by atoms with van der Waals surface area (Å²) in [6.45, 7) is 2.58. The van der Waals surface area contributed by atoms with Gasteiger partial charge in [-0.2, -0.15) is 23.7 Å². The number of hydrogen-bond acceptors (Lipinski definition) is 6. The summed E-state index contributed by atoms with van der Waals surface area (Å²) in [5.41, 5.74) is -1.03. The van der Waals surface area contributed by atoms with Crippen molar-refractivity contribution in [3.8, 4) is 12.1 Å². The highest BCUT2D eigenvalue weighted by Gasteiger charge is 2.37. The number of benzene rings is 2.